The maximum absolute atomic E-state index is 11.5. The predicted molar refractivity (Wildman–Crippen MR) is 72.2 cm³/mol. The van der Waals surface area contributed by atoms with Crippen LogP contribution in [-0.2, 0) is 4.74 Å². The van der Waals surface area contributed by atoms with E-state index >= 15 is 0 Å². The molecular weight excluding hydrogens is 244 g/mol. The van der Waals surface area contributed by atoms with Gasteiger partial charge >= 0.3 is 5.97 Å². The Bertz CT molecular complexity index is 450. The minimum Gasteiger partial charge on any atom is -0.462 e. The molecule has 2 rings (SSSR count). The minimum atomic E-state index is -0.624. The van der Waals surface area contributed by atoms with Gasteiger partial charge in [-0.15, -0.1) is 0 Å². The zero-order valence-corrected chi connectivity index (χ0v) is 11.6. The highest BCUT2D eigenvalue weighted by Crippen LogP contribution is 2.31. The fraction of sp³-hybridized carbons (Fsp3) is 0.571. The molecule has 0 unspecified atom stereocenters. The van der Waals surface area contributed by atoms with Gasteiger partial charge in [0.25, 0.3) is 0 Å². The maximum Gasteiger partial charge on any atom is 0.339 e. The fourth-order valence-electron chi connectivity index (χ4n) is 2.05. The Labute approximate surface area is 113 Å². The van der Waals surface area contributed by atoms with Gasteiger partial charge in [0.15, 0.2) is 0 Å². The first kappa shape index (κ1) is 13.8. The number of ether oxygens (including phenoxy) is 1. The number of carbonyl (C=O) groups excluding carboxylic acids is 1. The van der Waals surface area contributed by atoms with Gasteiger partial charge in [0.2, 0.25) is 0 Å². The summed E-state index contributed by atoms with van der Waals surface area (Å²) in [5, 5.41) is 10.2. The number of aliphatic hydroxyl groups is 1. The molecule has 0 bridgehead atoms. The van der Waals surface area contributed by atoms with E-state index < -0.39 is 5.60 Å². The first-order valence-corrected chi connectivity index (χ1v) is 6.57. The van der Waals surface area contributed by atoms with E-state index in [1.165, 1.54) is 6.20 Å². The average molecular weight is 264 g/mol. The van der Waals surface area contributed by atoms with Crippen molar-refractivity contribution >= 4 is 11.8 Å². The molecule has 1 aromatic rings. The summed E-state index contributed by atoms with van der Waals surface area (Å²) in [6.07, 6.45) is 1.51. The molecule has 1 fully saturated rings. The Morgan fingerprint density at radius 3 is 2.68 bits per heavy atom. The average Bonchev–Trinajstić information content (AvgIpc) is 2.35. The number of hydrogen-bond acceptors (Lipinski definition) is 5. The monoisotopic (exact) mass is 264 g/mol. The normalized spacial score (nSPS) is 17.2. The number of aromatic nitrogens is 1. The smallest absolute Gasteiger partial charge is 0.339 e. The molecule has 0 aromatic carbocycles. The highest BCUT2D eigenvalue weighted by Gasteiger charge is 2.44. The van der Waals surface area contributed by atoms with Crippen molar-refractivity contribution in [2.45, 2.75) is 26.4 Å². The van der Waals surface area contributed by atoms with E-state index in [1.807, 2.05) is 18.7 Å². The van der Waals surface area contributed by atoms with Crippen molar-refractivity contribution in [3.63, 3.8) is 0 Å². The molecule has 5 heteroatoms. The van der Waals surface area contributed by atoms with Gasteiger partial charge in [0, 0.05) is 6.20 Å². The Kier molecular flexibility index (Phi) is 3.75. The lowest BCUT2D eigenvalue weighted by atomic mass is 9.83. The van der Waals surface area contributed by atoms with E-state index in [0.29, 0.717) is 25.3 Å². The van der Waals surface area contributed by atoms with E-state index in [2.05, 4.69) is 4.98 Å². The Balaban J connectivity index is 1.99. The van der Waals surface area contributed by atoms with Crippen LogP contribution in [0.25, 0.3) is 0 Å². The summed E-state index contributed by atoms with van der Waals surface area (Å²) in [7, 11) is 0. The molecule has 104 valence electrons. The maximum atomic E-state index is 11.5. The quantitative estimate of drug-likeness (QED) is 0.834. The summed E-state index contributed by atoms with van der Waals surface area (Å²) < 4.78 is 4.90. The van der Waals surface area contributed by atoms with Crippen molar-refractivity contribution in [3.05, 3.63) is 23.9 Å². The van der Waals surface area contributed by atoms with Crippen LogP contribution in [0.1, 0.15) is 31.1 Å². The van der Waals surface area contributed by atoms with Gasteiger partial charge in [-0.25, -0.2) is 9.78 Å². The van der Waals surface area contributed by atoms with E-state index in [0.717, 1.165) is 5.82 Å². The molecule has 19 heavy (non-hydrogen) atoms. The number of rotatable bonds is 4. The highest BCUT2D eigenvalue weighted by atomic mass is 16.5. The van der Waals surface area contributed by atoms with Crippen LogP contribution < -0.4 is 4.90 Å². The third kappa shape index (κ3) is 2.71. The lowest BCUT2D eigenvalue weighted by Gasteiger charge is -2.49. The van der Waals surface area contributed by atoms with Crippen LogP contribution in [-0.4, -0.2) is 41.4 Å². The van der Waals surface area contributed by atoms with Gasteiger partial charge in [0.1, 0.15) is 11.4 Å². The molecule has 0 spiro atoms. The molecule has 0 saturated carbocycles. The summed E-state index contributed by atoms with van der Waals surface area (Å²) in [4.78, 5) is 17.7. The number of anilines is 1. The molecule has 5 nitrogen and oxygen atoms in total. The number of pyridine rings is 1. The molecule has 1 N–H and O–H groups in total. The van der Waals surface area contributed by atoms with Crippen LogP contribution in [0.4, 0.5) is 5.82 Å². The first-order valence-electron chi connectivity index (χ1n) is 6.57. The minimum absolute atomic E-state index is 0.225. The number of carbonyl (C=O) groups is 1. The lowest BCUT2D eigenvalue weighted by Crippen LogP contribution is -2.65. The van der Waals surface area contributed by atoms with Gasteiger partial charge in [-0.3, -0.25) is 0 Å². The summed E-state index contributed by atoms with van der Waals surface area (Å²) in [5.41, 5.74) is -0.174. The van der Waals surface area contributed by atoms with Gasteiger partial charge in [0.05, 0.1) is 25.3 Å². The summed E-state index contributed by atoms with van der Waals surface area (Å²) in [6.45, 7) is 7.30. The number of esters is 1. The zero-order chi connectivity index (χ0) is 14.0. The van der Waals surface area contributed by atoms with Crippen LogP contribution in [0.15, 0.2) is 18.3 Å². The molecule has 1 aliphatic rings. The van der Waals surface area contributed by atoms with Crippen molar-refractivity contribution in [2.75, 3.05) is 24.6 Å². The molecule has 1 aromatic heterocycles. The fourth-order valence-corrected chi connectivity index (χ4v) is 2.05. The molecule has 0 radical (unpaired) electrons. The highest BCUT2D eigenvalue weighted by molar-refractivity contribution is 5.89. The van der Waals surface area contributed by atoms with Crippen LogP contribution in [0.2, 0.25) is 0 Å². The van der Waals surface area contributed by atoms with E-state index in [9.17, 15) is 9.90 Å². The summed E-state index contributed by atoms with van der Waals surface area (Å²) >= 11 is 0. The standard InChI is InChI=1S/C14H20N2O3/c1-4-19-13(17)11-5-6-12(15-7-11)16-8-14(18,9-16)10(2)3/h5-7,10,18H,4,8-9H2,1-3H3. The van der Waals surface area contributed by atoms with Crippen molar-refractivity contribution < 1.29 is 14.6 Å². The molecule has 1 aliphatic heterocycles. The Hall–Kier alpha value is -1.62. The van der Waals surface area contributed by atoms with Crippen LogP contribution in [0, 0.1) is 5.92 Å². The second-order valence-corrected chi connectivity index (χ2v) is 5.24. The van der Waals surface area contributed by atoms with Gasteiger partial charge in [-0.1, -0.05) is 13.8 Å². The number of β-amino-alcohol motifs (C(OH)–C–C–N with tert-alkyl or cyclic N) is 1. The second kappa shape index (κ2) is 5.17. The Morgan fingerprint density at radius 2 is 2.21 bits per heavy atom. The largest absolute Gasteiger partial charge is 0.462 e. The second-order valence-electron chi connectivity index (χ2n) is 5.24. The summed E-state index contributed by atoms with van der Waals surface area (Å²) in [5.74, 6) is 0.643. The van der Waals surface area contributed by atoms with Crippen molar-refractivity contribution in [1.82, 2.24) is 4.98 Å². The molecule has 0 atom stereocenters. The van der Waals surface area contributed by atoms with E-state index in [4.69, 9.17) is 4.74 Å². The number of nitrogens with zero attached hydrogens (tertiary/aromatic N) is 2. The molecule has 0 amide bonds. The van der Waals surface area contributed by atoms with E-state index in [-0.39, 0.29) is 11.9 Å². The van der Waals surface area contributed by atoms with Crippen LogP contribution >= 0.6 is 0 Å². The van der Waals surface area contributed by atoms with Gasteiger partial charge in [-0.05, 0) is 25.0 Å². The van der Waals surface area contributed by atoms with E-state index in [1.54, 1.807) is 19.1 Å². The molecular formula is C14H20N2O3. The lowest BCUT2D eigenvalue weighted by molar-refractivity contribution is -0.0304. The Morgan fingerprint density at radius 1 is 1.53 bits per heavy atom. The van der Waals surface area contributed by atoms with Crippen LogP contribution in [0.5, 0.6) is 0 Å². The van der Waals surface area contributed by atoms with Crippen molar-refractivity contribution in [3.8, 4) is 0 Å². The first-order chi connectivity index (χ1) is 8.96. The van der Waals surface area contributed by atoms with Crippen molar-refractivity contribution in [2.24, 2.45) is 5.92 Å². The topological polar surface area (TPSA) is 62.7 Å². The SMILES string of the molecule is CCOC(=O)c1ccc(N2CC(O)(C(C)C)C2)nc1. The third-order valence-electron chi connectivity index (χ3n) is 3.59. The molecule has 2 heterocycles. The van der Waals surface area contributed by atoms with Crippen LogP contribution in [0.3, 0.4) is 0 Å². The zero-order valence-electron chi connectivity index (χ0n) is 11.6. The van der Waals surface area contributed by atoms with Crippen molar-refractivity contribution in [1.29, 1.82) is 0 Å². The molecule has 1 saturated heterocycles. The predicted octanol–water partition coefficient (Wildman–Crippen LogP) is 1.47. The number of hydrogen-bond donors (Lipinski definition) is 1. The van der Waals surface area contributed by atoms with Gasteiger partial charge < -0.3 is 14.7 Å². The summed E-state index contributed by atoms with van der Waals surface area (Å²) in [6, 6.07) is 3.49. The molecule has 0 aliphatic carbocycles. The van der Waals surface area contributed by atoms with Gasteiger partial charge in [-0.2, -0.15) is 0 Å². The third-order valence-corrected chi connectivity index (χ3v) is 3.59.